The van der Waals surface area contributed by atoms with Crippen LogP contribution in [0.2, 0.25) is 0 Å². The van der Waals surface area contributed by atoms with Gasteiger partial charge in [-0.15, -0.1) is 0 Å². The number of thiol groups is 2. The van der Waals surface area contributed by atoms with Gasteiger partial charge in [-0.1, -0.05) is 72.2 Å². The first-order chi connectivity index (χ1) is 64.3. The Morgan fingerprint density at radius 1 is 0.467 bits per heavy atom. The monoisotopic (exact) mass is 1970 g/mol. The number of aromatic hydroxyl groups is 2. The van der Waals surface area contributed by atoms with E-state index >= 15 is 0 Å². The van der Waals surface area contributed by atoms with E-state index in [0.29, 0.717) is 24.0 Å². The number of guanidine groups is 2. The minimum absolute atomic E-state index is 0.0429. The molecule has 0 radical (unpaired) electrons. The smallest absolute Gasteiger partial charge is 0.326 e. The molecule has 49 nitrogen and oxygen atoms in total. The third-order valence-electron chi connectivity index (χ3n) is 22.3. The highest BCUT2D eigenvalue weighted by molar-refractivity contribution is 7.81. The molecule has 1 heterocycles. The van der Waals surface area contributed by atoms with Crippen molar-refractivity contribution in [2.75, 3.05) is 51.6 Å². The van der Waals surface area contributed by atoms with E-state index < -0.39 is 251 Å². The predicted molar refractivity (Wildman–Crippen MR) is 511 cm³/mol. The summed E-state index contributed by atoms with van der Waals surface area (Å²) in [5.41, 5.74) is 47.2. The van der Waals surface area contributed by atoms with Gasteiger partial charge >= 0.3 is 5.97 Å². The number of hydrogen-bond donors (Lipinski definition) is 33. The molecule has 1 saturated heterocycles. The molecule has 39 N–H and O–H groups in total. The van der Waals surface area contributed by atoms with E-state index in [-0.39, 0.29) is 146 Å². The van der Waals surface area contributed by atoms with Crippen LogP contribution in [0.4, 0.5) is 0 Å². The van der Waals surface area contributed by atoms with E-state index in [4.69, 9.17) is 56.7 Å². The molecule has 0 unspecified atom stereocenters. The summed E-state index contributed by atoms with van der Waals surface area (Å²) in [7, 11) is 0. The number of aliphatic hydroxyl groups excluding tert-OH is 2. The number of aliphatic carboxylic acids is 1. The number of likely N-dealkylation sites (tertiary alicyclic amines) is 1. The van der Waals surface area contributed by atoms with Crippen molar-refractivity contribution < 1.29 is 107 Å². The van der Waals surface area contributed by atoms with Gasteiger partial charge in [-0.05, 0) is 171 Å². The largest absolute Gasteiger partial charge is 0.508 e. The van der Waals surface area contributed by atoms with E-state index in [1.807, 2.05) is 0 Å². The van der Waals surface area contributed by atoms with Crippen LogP contribution in [0.3, 0.4) is 0 Å². The molecule has 2 aromatic rings. The molecule has 0 aliphatic carbocycles. The third kappa shape index (κ3) is 41.8. The number of carbonyl (C=O) groups is 17. The van der Waals surface area contributed by atoms with Crippen LogP contribution in [0.25, 0.3) is 0 Å². The number of β-amino-alcohol motifs (C(OH)–C–C–N with tert-alkyl or cyclic N) is 1. The summed E-state index contributed by atoms with van der Waals surface area (Å²) in [6, 6.07) is -14.0. The number of carboxylic acid groups (broad SMARTS) is 1. The zero-order valence-electron chi connectivity index (χ0n) is 78.9. The predicted octanol–water partition coefficient (Wildman–Crippen LogP) is -8.61. The number of unbranched alkanes of at least 4 members (excludes halogenated alkanes) is 1. The van der Waals surface area contributed by atoms with Crippen molar-refractivity contribution in [3.63, 3.8) is 0 Å². The summed E-state index contributed by atoms with van der Waals surface area (Å²) in [6.07, 6.45) is -5.45. The van der Waals surface area contributed by atoms with Crippen molar-refractivity contribution in [1.82, 2.24) is 90.0 Å². The van der Waals surface area contributed by atoms with Gasteiger partial charge in [0.05, 0.1) is 24.7 Å². The van der Waals surface area contributed by atoms with E-state index in [2.05, 4.69) is 110 Å². The number of nitrogens with two attached hydrogens (primary N) is 8. The number of primary amides is 1. The number of carbonyl (C=O) groups excluding carboxylic acids is 16. The molecule has 0 spiro atoms. The fourth-order valence-electron chi connectivity index (χ4n) is 14.3. The van der Waals surface area contributed by atoms with Crippen LogP contribution >= 0.6 is 25.3 Å². The number of phenolic OH excluding ortho intramolecular Hbond substituents is 2. The molecular formula is C86H145N27O22S2. The number of nitrogens with one attached hydrogen (secondary N) is 18. The Hall–Kier alpha value is -12.0. The lowest BCUT2D eigenvalue weighted by Crippen LogP contribution is -2.64. The zero-order valence-corrected chi connectivity index (χ0v) is 80.6. The van der Waals surface area contributed by atoms with Gasteiger partial charge in [0.15, 0.2) is 11.9 Å². The molecule has 19 atom stereocenters. The quantitative estimate of drug-likeness (QED) is 0.0127. The van der Waals surface area contributed by atoms with Gasteiger partial charge in [-0.25, -0.2) is 4.79 Å². The van der Waals surface area contributed by atoms with Gasteiger partial charge in [0.2, 0.25) is 94.5 Å². The Kier molecular flexibility index (Phi) is 52.1. The fraction of sp³-hybridized carbons (Fsp3) is 0.640. The van der Waals surface area contributed by atoms with Crippen molar-refractivity contribution in [2.24, 2.45) is 63.6 Å². The molecule has 2 aromatic carbocycles. The van der Waals surface area contributed by atoms with Crippen LogP contribution in [0.15, 0.2) is 48.5 Å². The van der Waals surface area contributed by atoms with Gasteiger partial charge < -0.3 is 161 Å². The van der Waals surface area contributed by atoms with E-state index in [1.54, 1.807) is 41.5 Å². The Bertz CT molecular complexity index is 4380. The van der Waals surface area contributed by atoms with E-state index in [0.717, 1.165) is 6.92 Å². The van der Waals surface area contributed by atoms with E-state index in [1.165, 1.54) is 67.3 Å². The number of nitrogens with zero attached hydrogens (tertiary/aromatic N) is 1. The third-order valence-corrected chi connectivity index (χ3v) is 22.9. The first kappa shape index (κ1) is 119. The molecule has 1 aliphatic rings. The lowest BCUT2D eigenvalue weighted by molar-refractivity contribution is -0.142. The maximum atomic E-state index is 15.0. The van der Waals surface area contributed by atoms with Crippen molar-refractivity contribution in [2.45, 2.75) is 279 Å². The summed E-state index contributed by atoms with van der Waals surface area (Å²) in [6.45, 7) is 13.2. The molecule has 768 valence electrons. The number of phenols is 2. The van der Waals surface area contributed by atoms with Crippen LogP contribution in [-0.4, -0.2) is 308 Å². The second-order valence-electron chi connectivity index (χ2n) is 35.1. The summed E-state index contributed by atoms with van der Waals surface area (Å²) < 4.78 is -1.61. The molecule has 16 amide bonds. The molecule has 51 heteroatoms. The topological polar surface area (TPSA) is 843 Å². The van der Waals surface area contributed by atoms with Gasteiger partial charge in [0, 0.05) is 49.4 Å². The van der Waals surface area contributed by atoms with Gasteiger partial charge in [-0.2, -0.15) is 25.3 Å². The summed E-state index contributed by atoms with van der Waals surface area (Å²) >= 11 is 8.91. The van der Waals surface area contributed by atoms with Crippen molar-refractivity contribution in [1.29, 1.82) is 10.8 Å². The Balaban J connectivity index is 1.94. The normalized spacial score (nSPS) is 16.7. The molecule has 0 saturated carbocycles. The van der Waals surface area contributed by atoms with Gasteiger partial charge in [0.1, 0.15) is 102 Å². The minimum Gasteiger partial charge on any atom is -0.508 e. The first-order valence-electron chi connectivity index (χ1n) is 45.4. The van der Waals surface area contributed by atoms with Crippen LogP contribution < -0.4 is 131 Å². The Morgan fingerprint density at radius 2 is 0.832 bits per heavy atom. The number of aliphatic hydroxyl groups is 2. The van der Waals surface area contributed by atoms with Gasteiger partial charge in [-0.3, -0.25) is 87.5 Å². The maximum Gasteiger partial charge on any atom is 0.326 e. The standard InChI is InChI=1S/C86H145N27O22S2/c1-10-44(6)65(110-78(129)62-38-50(117)40-113(62)82(133)64(92)43(4)5)79(130)106-57(35-42(2)3)74(125)105-58(36-46-18-22-48(115)23-19-46)76(127)112-67(86(8,9)137)81(132)107-59(39-63(91)118)75(126)101-52(16-13-33-97-84(93)94)68(119)102-56(28-32-90)73(124)111-66(45(7)114)80(131)104-55(27-31-89)72(123)99-51(15-11-12-29-87)70(121)109-61(41-136)77(128)103-54(26-30-88)71(122)100-53(17-14-34-98-85(95)96)69(120)108-60(83(134)135)37-47-20-24-49(116)25-21-47/h18-25,42-45,50-62,64-67,114-117,136-137H,10-17,26-41,87-90,92H2,1-9H3,(H2,91,118)(H,99,123)(H,100,122)(H,101,126)(H,102,119)(H,103,128)(H,104,131)(H,105,125)(H,106,130)(H,107,132)(H,108,120)(H,109,121)(H,110,129)(H,111,124)(H,112,127)(H,134,135)(H4,93,94,97)(H4,95,96,98)/t44-,45+,50+,51-,52-,53-,54-,55+,56-,57-,58-,59-,60-,61-,62-,64-,65-,66-,67+/m0/s1. The van der Waals surface area contributed by atoms with Crippen molar-refractivity contribution in [3.05, 3.63) is 59.7 Å². The van der Waals surface area contributed by atoms with Crippen LogP contribution in [0, 0.1) is 28.6 Å². The summed E-state index contributed by atoms with van der Waals surface area (Å²) in [4.78, 5) is 242. The number of benzene rings is 2. The lowest BCUT2D eigenvalue weighted by atomic mass is 9.95. The van der Waals surface area contributed by atoms with Crippen LogP contribution in [0.5, 0.6) is 11.5 Å². The van der Waals surface area contributed by atoms with Crippen LogP contribution in [-0.2, 0) is 94.3 Å². The molecule has 0 aromatic heterocycles. The molecule has 0 bridgehead atoms. The molecule has 1 aliphatic heterocycles. The van der Waals surface area contributed by atoms with Crippen LogP contribution in [0.1, 0.15) is 163 Å². The number of rotatable bonds is 62. The number of amides is 16. The highest BCUT2D eigenvalue weighted by atomic mass is 32.1. The molecule has 3 rings (SSSR count). The number of carboxylic acids is 1. The Morgan fingerprint density at radius 3 is 1.23 bits per heavy atom. The summed E-state index contributed by atoms with van der Waals surface area (Å²) in [5, 5.41) is 107. The van der Waals surface area contributed by atoms with Crippen molar-refractivity contribution in [3.8, 4) is 11.5 Å². The minimum atomic E-state index is -1.99. The molecule has 137 heavy (non-hydrogen) atoms. The average Bonchev–Trinajstić information content (AvgIpc) is 1.22. The first-order valence-corrected chi connectivity index (χ1v) is 46.5. The second kappa shape index (κ2) is 59.9. The summed E-state index contributed by atoms with van der Waals surface area (Å²) in [5.74, 6) is -20.5. The maximum absolute atomic E-state index is 15.0. The SMILES string of the molecule is CC[C@H](C)[C@H](NC(=O)[C@@H]1C[C@@H](O)CN1C(=O)[C@@H](N)C(C)C)C(=O)N[C@@H](CC(C)C)C(=O)N[C@@H](Cc1ccc(O)cc1)C(=O)N[C@H](C(=O)N[C@@H](CC(N)=O)C(=O)N[C@@H](CCCNC(=N)N)C(=O)N[C@@H](CCN)C(=O)N[C@H](C(=O)N[C@H](CCN)C(=O)N[C@@H](CCCCN)C(=O)N[C@@H](CS)C(=O)N[C@@H](CCN)C(=O)N[C@@H](CCCNC(=N)N)C(=O)N[C@@H](Cc1ccc(O)cc1)C(=O)O)[C@@H](C)O)C(C)(C)S. The highest BCUT2D eigenvalue weighted by Gasteiger charge is 2.45. The molecular weight excluding hydrogens is 1830 g/mol. The lowest BCUT2D eigenvalue weighted by Gasteiger charge is -2.33. The zero-order chi connectivity index (χ0) is 103. The van der Waals surface area contributed by atoms with E-state index in [9.17, 15) is 107 Å². The fourth-order valence-corrected chi connectivity index (χ4v) is 14.7. The average molecular weight is 1970 g/mol. The second-order valence-corrected chi connectivity index (χ2v) is 36.6. The van der Waals surface area contributed by atoms with Crippen molar-refractivity contribution >= 4 is 138 Å². The van der Waals surface area contributed by atoms with Gasteiger partial charge in [0.25, 0.3) is 0 Å². The Labute approximate surface area is 806 Å². The number of hydrogen-bond acceptors (Lipinski definition) is 30. The highest BCUT2D eigenvalue weighted by Crippen LogP contribution is 2.25. The molecule has 1 fully saturated rings.